The Bertz CT molecular complexity index is 820. The molecule has 10 heteroatoms. The molecule has 2 N–H and O–H groups in total. The van der Waals surface area contributed by atoms with Gasteiger partial charge < -0.3 is 20.1 Å². The van der Waals surface area contributed by atoms with Crippen molar-refractivity contribution in [1.82, 2.24) is 35.6 Å². The number of carbonyl (C=O) groups excluding carboxylic acids is 2. The Hall–Kier alpha value is -2.88. The predicted molar refractivity (Wildman–Crippen MR) is 97.5 cm³/mol. The first-order chi connectivity index (χ1) is 13.7. The highest BCUT2D eigenvalue weighted by molar-refractivity contribution is 5.83. The minimum absolute atomic E-state index is 0.123. The van der Waals surface area contributed by atoms with Gasteiger partial charge in [0.25, 0.3) is 0 Å². The second-order valence-corrected chi connectivity index (χ2v) is 7.12. The van der Waals surface area contributed by atoms with Crippen molar-refractivity contribution in [3.63, 3.8) is 0 Å². The standard InChI is InChI=1S/C18H23N7O3/c26-17(12-8-13(10-19-9-12)18(27)25-6-1-2-7-25)22-11-14-23-16(24-28-14)15-20-4-3-5-21-15/h3-5,12-13,19H,1-2,6-11H2,(H,22,26)/t12-,13+/m0/s1. The Kier molecular flexibility index (Phi) is 5.56. The van der Waals surface area contributed by atoms with E-state index >= 15 is 0 Å². The molecule has 0 aliphatic carbocycles. The largest absolute Gasteiger partial charge is 0.347 e. The smallest absolute Gasteiger partial charge is 0.246 e. The van der Waals surface area contributed by atoms with Gasteiger partial charge in [-0.2, -0.15) is 4.98 Å². The zero-order chi connectivity index (χ0) is 19.3. The van der Waals surface area contributed by atoms with E-state index in [1.54, 1.807) is 18.5 Å². The van der Waals surface area contributed by atoms with Crippen LogP contribution in [0.5, 0.6) is 0 Å². The highest BCUT2D eigenvalue weighted by Gasteiger charge is 2.34. The fourth-order valence-corrected chi connectivity index (χ4v) is 3.66. The normalized spacial score (nSPS) is 22.2. The van der Waals surface area contributed by atoms with Crippen LogP contribution < -0.4 is 10.6 Å². The summed E-state index contributed by atoms with van der Waals surface area (Å²) in [5, 5.41) is 9.87. The zero-order valence-electron chi connectivity index (χ0n) is 15.5. The van der Waals surface area contributed by atoms with E-state index in [-0.39, 0.29) is 41.9 Å². The van der Waals surface area contributed by atoms with Crippen molar-refractivity contribution in [3.8, 4) is 11.6 Å². The molecule has 2 fully saturated rings. The summed E-state index contributed by atoms with van der Waals surface area (Å²) in [5.41, 5.74) is 0. The maximum absolute atomic E-state index is 12.6. The van der Waals surface area contributed by atoms with E-state index < -0.39 is 0 Å². The first-order valence-corrected chi connectivity index (χ1v) is 9.58. The van der Waals surface area contributed by atoms with Crippen molar-refractivity contribution in [1.29, 1.82) is 0 Å². The Labute approximate surface area is 162 Å². The van der Waals surface area contributed by atoms with Crippen LogP contribution in [0, 0.1) is 11.8 Å². The predicted octanol–water partition coefficient (Wildman–Crippen LogP) is -0.00910. The third kappa shape index (κ3) is 4.16. The van der Waals surface area contributed by atoms with Crippen LogP contribution in [0.2, 0.25) is 0 Å². The molecule has 2 aliphatic heterocycles. The zero-order valence-corrected chi connectivity index (χ0v) is 15.5. The summed E-state index contributed by atoms with van der Waals surface area (Å²) in [5.74, 6) is 0.556. The number of hydrogen-bond acceptors (Lipinski definition) is 8. The summed E-state index contributed by atoms with van der Waals surface area (Å²) in [6, 6.07) is 1.70. The molecule has 148 valence electrons. The van der Waals surface area contributed by atoms with Crippen LogP contribution in [-0.2, 0) is 16.1 Å². The number of amides is 2. The van der Waals surface area contributed by atoms with Crippen molar-refractivity contribution in [3.05, 3.63) is 24.4 Å². The quantitative estimate of drug-likeness (QED) is 0.736. The van der Waals surface area contributed by atoms with Gasteiger partial charge in [-0.1, -0.05) is 5.16 Å². The minimum atomic E-state index is -0.259. The fourth-order valence-electron chi connectivity index (χ4n) is 3.66. The number of nitrogens with zero attached hydrogens (tertiary/aromatic N) is 5. The third-order valence-corrected chi connectivity index (χ3v) is 5.14. The van der Waals surface area contributed by atoms with E-state index in [9.17, 15) is 9.59 Å². The average Bonchev–Trinajstić information content (AvgIpc) is 3.44. The summed E-state index contributed by atoms with van der Waals surface area (Å²) >= 11 is 0. The molecule has 2 aromatic rings. The van der Waals surface area contributed by atoms with Gasteiger partial charge in [-0.3, -0.25) is 9.59 Å². The number of nitrogens with one attached hydrogen (secondary N) is 2. The first-order valence-electron chi connectivity index (χ1n) is 9.58. The van der Waals surface area contributed by atoms with Crippen LogP contribution in [0.4, 0.5) is 0 Å². The maximum Gasteiger partial charge on any atom is 0.246 e. The van der Waals surface area contributed by atoms with Crippen LogP contribution in [0.1, 0.15) is 25.2 Å². The molecule has 0 radical (unpaired) electrons. The lowest BCUT2D eigenvalue weighted by Gasteiger charge is -2.31. The van der Waals surface area contributed by atoms with E-state index in [0.29, 0.717) is 25.3 Å². The monoisotopic (exact) mass is 385 g/mol. The molecule has 2 atom stereocenters. The summed E-state index contributed by atoms with van der Waals surface area (Å²) in [4.78, 5) is 39.4. The van der Waals surface area contributed by atoms with Gasteiger partial charge in [-0.05, 0) is 25.3 Å². The van der Waals surface area contributed by atoms with Crippen LogP contribution in [0.15, 0.2) is 23.0 Å². The van der Waals surface area contributed by atoms with Crippen molar-refractivity contribution in [2.45, 2.75) is 25.8 Å². The Morgan fingerprint density at radius 3 is 2.68 bits per heavy atom. The number of hydrogen-bond donors (Lipinski definition) is 2. The van der Waals surface area contributed by atoms with E-state index in [4.69, 9.17) is 4.52 Å². The van der Waals surface area contributed by atoms with Crippen molar-refractivity contribution in [2.75, 3.05) is 26.2 Å². The summed E-state index contributed by atoms with van der Waals surface area (Å²) in [7, 11) is 0. The fraction of sp³-hybridized carbons (Fsp3) is 0.556. The molecular formula is C18H23N7O3. The molecule has 10 nitrogen and oxygen atoms in total. The maximum atomic E-state index is 12.6. The van der Waals surface area contributed by atoms with E-state index in [1.807, 2.05) is 4.90 Å². The molecule has 2 aromatic heterocycles. The van der Waals surface area contributed by atoms with Crippen LogP contribution >= 0.6 is 0 Å². The lowest BCUT2D eigenvalue weighted by molar-refractivity contribution is -0.136. The number of aromatic nitrogens is 4. The molecule has 0 aromatic carbocycles. The Balaban J connectivity index is 1.30. The van der Waals surface area contributed by atoms with Crippen LogP contribution in [-0.4, -0.2) is 63.0 Å². The minimum Gasteiger partial charge on any atom is -0.347 e. The van der Waals surface area contributed by atoms with Gasteiger partial charge >= 0.3 is 0 Å². The first kappa shape index (κ1) is 18.5. The molecule has 0 spiro atoms. The van der Waals surface area contributed by atoms with E-state index in [2.05, 4.69) is 30.7 Å². The molecule has 4 rings (SSSR count). The van der Waals surface area contributed by atoms with Gasteiger partial charge in [0.05, 0.1) is 18.4 Å². The summed E-state index contributed by atoms with van der Waals surface area (Å²) in [6.07, 6.45) is 5.87. The van der Waals surface area contributed by atoms with E-state index in [0.717, 1.165) is 25.9 Å². The molecule has 0 saturated carbocycles. The Morgan fingerprint density at radius 2 is 1.89 bits per heavy atom. The number of rotatable bonds is 5. The average molecular weight is 385 g/mol. The topological polar surface area (TPSA) is 126 Å². The van der Waals surface area contributed by atoms with Gasteiger partial charge in [-0.25, -0.2) is 9.97 Å². The highest BCUT2D eigenvalue weighted by atomic mass is 16.5. The molecule has 2 aliphatic rings. The molecular weight excluding hydrogens is 362 g/mol. The molecule has 2 saturated heterocycles. The van der Waals surface area contributed by atoms with E-state index in [1.165, 1.54) is 0 Å². The SMILES string of the molecule is O=C(NCc1nc(-c2ncccn2)no1)[C@@H]1CNC[C@H](C(=O)N2CCCC2)C1. The molecule has 28 heavy (non-hydrogen) atoms. The molecule has 0 bridgehead atoms. The van der Waals surface area contributed by atoms with Crippen molar-refractivity contribution >= 4 is 11.8 Å². The third-order valence-electron chi connectivity index (χ3n) is 5.14. The number of carbonyl (C=O) groups is 2. The van der Waals surface area contributed by atoms with Gasteiger partial charge in [0.1, 0.15) is 0 Å². The second kappa shape index (κ2) is 8.42. The summed E-state index contributed by atoms with van der Waals surface area (Å²) in [6.45, 7) is 2.97. The second-order valence-electron chi connectivity index (χ2n) is 7.12. The lowest BCUT2D eigenvalue weighted by atomic mass is 9.89. The van der Waals surface area contributed by atoms with Crippen molar-refractivity contribution < 1.29 is 14.1 Å². The summed E-state index contributed by atoms with van der Waals surface area (Å²) < 4.78 is 5.15. The van der Waals surface area contributed by atoms with Crippen LogP contribution in [0.3, 0.4) is 0 Å². The Morgan fingerprint density at radius 1 is 1.14 bits per heavy atom. The number of piperidine rings is 1. The molecule has 4 heterocycles. The van der Waals surface area contributed by atoms with Crippen molar-refractivity contribution in [2.24, 2.45) is 11.8 Å². The van der Waals surface area contributed by atoms with Gasteiger partial charge in [0, 0.05) is 38.6 Å². The van der Waals surface area contributed by atoms with Crippen LogP contribution in [0.25, 0.3) is 11.6 Å². The van der Waals surface area contributed by atoms with Gasteiger partial charge in [0.2, 0.25) is 29.4 Å². The van der Waals surface area contributed by atoms with Gasteiger partial charge in [-0.15, -0.1) is 0 Å². The molecule has 2 amide bonds. The lowest BCUT2D eigenvalue weighted by Crippen LogP contribution is -2.48. The molecule has 0 unspecified atom stereocenters. The number of likely N-dealkylation sites (tertiary alicyclic amines) is 1. The highest BCUT2D eigenvalue weighted by Crippen LogP contribution is 2.21. The van der Waals surface area contributed by atoms with Gasteiger partial charge in [0.15, 0.2) is 0 Å².